The van der Waals surface area contributed by atoms with Gasteiger partial charge in [-0.3, -0.25) is 4.79 Å². The molecule has 8 heteroatoms. The van der Waals surface area contributed by atoms with Crippen LogP contribution >= 0.6 is 11.8 Å². The van der Waals surface area contributed by atoms with Crippen LogP contribution in [0.5, 0.6) is 0 Å². The predicted octanol–water partition coefficient (Wildman–Crippen LogP) is 2.97. The quantitative estimate of drug-likeness (QED) is 0.429. The lowest BCUT2D eigenvalue weighted by atomic mass is 10.0. The Morgan fingerprint density at radius 3 is 2.59 bits per heavy atom. The molecular formula is C21H23N3O4S. The molecule has 0 spiro atoms. The zero-order valence-electron chi connectivity index (χ0n) is 16.2. The summed E-state index contributed by atoms with van der Waals surface area (Å²) in [6.07, 6.45) is 0. The van der Waals surface area contributed by atoms with E-state index in [4.69, 9.17) is 10.5 Å². The molecule has 1 saturated heterocycles. The highest BCUT2D eigenvalue weighted by molar-refractivity contribution is 8.00. The van der Waals surface area contributed by atoms with Gasteiger partial charge in [-0.2, -0.15) is 0 Å². The van der Waals surface area contributed by atoms with Crippen LogP contribution < -0.4 is 11.1 Å². The summed E-state index contributed by atoms with van der Waals surface area (Å²) in [6.45, 7) is 3.66. The van der Waals surface area contributed by atoms with E-state index in [1.807, 2.05) is 37.3 Å². The van der Waals surface area contributed by atoms with Crippen molar-refractivity contribution in [1.29, 1.82) is 0 Å². The number of urea groups is 1. The van der Waals surface area contributed by atoms with Gasteiger partial charge in [0.15, 0.2) is 6.04 Å². The number of hydrogen-bond acceptors (Lipinski definition) is 6. The Balaban J connectivity index is 1.75. The SMILES string of the molecule is CCOC(=O)[C@@H]1[C@@H](Sc2cccc(N)c2)C(=O)N1C(=O)N[C@H](C)c1ccccc1. The Morgan fingerprint density at radius 1 is 1.21 bits per heavy atom. The van der Waals surface area contributed by atoms with Crippen molar-refractivity contribution in [1.82, 2.24) is 10.2 Å². The lowest BCUT2D eigenvalue weighted by Crippen LogP contribution is -2.70. The van der Waals surface area contributed by atoms with E-state index in [0.29, 0.717) is 5.69 Å². The Labute approximate surface area is 173 Å². The van der Waals surface area contributed by atoms with E-state index in [1.54, 1.807) is 31.2 Å². The minimum Gasteiger partial charge on any atom is -0.464 e. The van der Waals surface area contributed by atoms with E-state index in [0.717, 1.165) is 15.4 Å². The number of benzene rings is 2. The van der Waals surface area contributed by atoms with Crippen molar-refractivity contribution in [2.24, 2.45) is 0 Å². The molecular weight excluding hydrogens is 390 g/mol. The summed E-state index contributed by atoms with van der Waals surface area (Å²) in [5.74, 6) is -1.04. The number of nitrogen functional groups attached to an aromatic ring is 1. The smallest absolute Gasteiger partial charge is 0.331 e. The van der Waals surface area contributed by atoms with Gasteiger partial charge in [-0.1, -0.05) is 36.4 Å². The molecule has 0 aromatic heterocycles. The summed E-state index contributed by atoms with van der Waals surface area (Å²) in [4.78, 5) is 39.6. The molecule has 3 atom stereocenters. The molecule has 1 heterocycles. The third-order valence-corrected chi connectivity index (χ3v) is 5.79. The van der Waals surface area contributed by atoms with E-state index in [1.165, 1.54) is 11.8 Å². The van der Waals surface area contributed by atoms with Gasteiger partial charge < -0.3 is 15.8 Å². The fourth-order valence-corrected chi connectivity index (χ4v) is 4.31. The highest BCUT2D eigenvalue weighted by Gasteiger charge is 2.56. The van der Waals surface area contributed by atoms with Gasteiger partial charge in [0.1, 0.15) is 5.25 Å². The molecule has 3 N–H and O–H groups in total. The molecule has 1 aliphatic rings. The van der Waals surface area contributed by atoms with Crippen molar-refractivity contribution in [3.8, 4) is 0 Å². The lowest BCUT2D eigenvalue weighted by molar-refractivity contribution is -0.160. The molecule has 2 aromatic rings. The third kappa shape index (κ3) is 4.54. The van der Waals surface area contributed by atoms with Crippen molar-refractivity contribution >= 4 is 35.4 Å². The molecule has 1 aliphatic heterocycles. The van der Waals surface area contributed by atoms with Crippen LogP contribution in [0.4, 0.5) is 10.5 Å². The fourth-order valence-electron chi connectivity index (χ4n) is 3.07. The Bertz CT molecular complexity index is 906. The predicted molar refractivity (Wildman–Crippen MR) is 111 cm³/mol. The molecule has 0 saturated carbocycles. The number of β-lactam (4-membered cyclic amide) rings is 1. The van der Waals surface area contributed by atoms with Gasteiger partial charge in [0.25, 0.3) is 0 Å². The normalized spacial score (nSPS) is 19.2. The average Bonchev–Trinajstić information content (AvgIpc) is 2.70. The molecule has 152 valence electrons. The first kappa shape index (κ1) is 20.7. The maximum absolute atomic E-state index is 12.7. The highest BCUT2D eigenvalue weighted by atomic mass is 32.2. The summed E-state index contributed by atoms with van der Waals surface area (Å²) in [7, 11) is 0. The molecule has 0 bridgehead atoms. The number of anilines is 1. The topological polar surface area (TPSA) is 102 Å². The first-order chi connectivity index (χ1) is 13.9. The van der Waals surface area contributed by atoms with Gasteiger partial charge >= 0.3 is 12.0 Å². The zero-order chi connectivity index (χ0) is 21.0. The number of nitrogens with one attached hydrogen (secondary N) is 1. The molecule has 3 amide bonds. The summed E-state index contributed by atoms with van der Waals surface area (Å²) in [6, 6.07) is 14.5. The van der Waals surface area contributed by atoms with E-state index in [2.05, 4.69) is 5.32 Å². The molecule has 1 fully saturated rings. The van der Waals surface area contributed by atoms with Crippen molar-refractivity contribution in [2.45, 2.75) is 36.1 Å². The maximum atomic E-state index is 12.7. The second kappa shape index (κ2) is 9.00. The Morgan fingerprint density at radius 2 is 1.93 bits per heavy atom. The Hall–Kier alpha value is -3.00. The van der Waals surface area contributed by atoms with Crippen LogP contribution in [-0.4, -0.2) is 40.7 Å². The van der Waals surface area contributed by atoms with Crippen LogP contribution in [0.2, 0.25) is 0 Å². The second-order valence-corrected chi connectivity index (χ2v) is 7.81. The first-order valence-corrected chi connectivity index (χ1v) is 10.2. The average molecular weight is 413 g/mol. The number of amides is 3. The van der Waals surface area contributed by atoms with E-state index in [-0.39, 0.29) is 12.6 Å². The monoisotopic (exact) mass is 413 g/mol. The lowest BCUT2D eigenvalue weighted by Gasteiger charge is -2.43. The van der Waals surface area contributed by atoms with Crippen molar-refractivity contribution in [3.63, 3.8) is 0 Å². The number of ether oxygens (including phenoxy) is 1. The second-order valence-electron chi connectivity index (χ2n) is 6.60. The number of nitrogens with two attached hydrogens (primary N) is 1. The van der Waals surface area contributed by atoms with Crippen LogP contribution in [0.1, 0.15) is 25.5 Å². The van der Waals surface area contributed by atoms with Gasteiger partial charge in [0, 0.05) is 10.6 Å². The summed E-state index contributed by atoms with van der Waals surface area (Å²) < 4.78 is 5.10. The van der Waals surface area contributed by atoms with Crippen molar-refractivity contribution in [2.75, 3.05) is 12.3 Å². The molecule has 0 unspecified atom stereocenters. The Kier molecular flexibility index (Phi) is 6.43. The van der Waals surface area contributed by atoms with Gasteiger partial charge in [0.2, 0.25) is 5.91 Å². The van der Waals surface area contributed by atoms with Crippen LogP contribution in [0.15, 0.2) is 59.5 Å². The molecule has 0 radical (unpaired) electrons. The number of esters is 1. The molecule has 2 aromatic carbocycles. The van der Waals surface area contributed by atoms with Gasteiger partial charge in [-0.05, 0) is 37.6 Å². The first-order valence-electron chi connectivity index (χ1n) is 9.29. The number of rotatable bonds is 6. The van der Waals surface area contributed by atoms with Crippen LogP contribution in [0.25, 0.3) is 0 Å². The van der Waals surface area contributed by atoms with Crippen LogP contribution in [0, 0.1) is 0 Å². The number of imide groups is 1. The molecule has 3 rings (SSSR count). The van der Waals surface area contributed by atoms with Gasteiger partial charge in [-0.25, -0.2) is 14.5 Å². The van der Waals surface area contributed by atoms with E-state index in [9.17, 15) is 14.4 Å². The zero-order valence-corrected chi connectivity index (χ0v) is 17.0. The van der Waals surface area contributed by atoms with Crippen LogP contribution in [-0.2, 0) is 14.3 Å². The van der Waals surface area contributed by atoms with E-state index < -0.39 is 29.2 Å². The van der Waals surface area contributed by atoms with E-state index >= 15 is 0 Å². The molecule has 29 heavy (non-hydrogen) atoms. The summed E-state index contributed by atoms with van der Waals surface area (Å²) in [5, 5.41) is 2.04. The summed E-state index contributed by atoms with van der Waals surface area (Å²) >= 11 is 1.20. The van der Waals surface area contributed by atoms with Crippen molar-refractivity contribution in [3.05, 3.63) is 60.2 Å². The van der Waals surface area contributed by atoms with Crippen molar-refractivity contribution < 1.29 is 19.1 Å². The largest absolute Gasteiger partial charge is 0.464 e. The van der Waals surface area contributed by atoms with Gasteiger partial charge in [0.05, 0.1) is 12.6 Å². The number of nitrogens with zero attached hydrogens (tertiary/aromatic N) is 1. The fraction of sp³-hybridized carbons (Fsp3) is 0.286. The molecule has 0 aliphatic carbocycles. The third-order valence-electron chi connectivity index (χ3n) is 4.55. The van der Waals surface area contributed by atoms with Crippen LogP contribution in [0.3, 0.4) is 0 Å². The number of carbonyl (C=O) groups is 3. The van der Waals surface area contributed by atoms with Gasteiger partial charge in [-0.15, -0.1) is 11.8 Å². The number of carbonyl (C=O) groups excluding carboxylic acids is 3. The minimum absolute atomic E-state index is 0.162. The maximum Gasteiger partial charge on any atom is 0.331 e. The highest BCUT2D eigenvalue weighted by Crippen LogP contribution is 2.37. The number of hydrogen-bond donors (Lipinski definition) is 2. The summed E-state index contributed by atoms with van der Waals surface area (Å²) in [5.41, 5.74) is 7.24. The molecule has 7 nitrogen and oxygen atoms in total. The minimum atomic E-state index is -0.989. The number of thioether (sulfide) groups is 1. The number of likely N-dealkylation sites (tertiary alicyclic amines) is 1. The standard InChI is InChI=1S/C21H23N3O4S/c1-3-28-20(26)17-18(29-16-11-7-10-15(22)12-16)19(25)24(17)21(27)23-13(2)14-8-5-4-6-9-14/h4-13,17-18H,3,22H2,1-2H3,(H,23,27)/t13-,17+,18-/m1/s1.